The van der Waals surface area contributed by atoms with E-state index in [1.54, 1.807) is 0 Å². The van der Waals surface area contributed by atoms with Gasteiger partial charge in [0.25, 0.3) is 0 Å². The van der Waals surface area contributed by atoms with Crippen LogP contribution in [0.4, 0.5) is 0 Å². The molecule has 0 aromatic heterocycles. The number of hydrogen-bond donors (Lipinski definition) is 0. The molecule has 0 saturated heterocycles. The predicted molar refractivity (Wildman–Crippen MR) is 67.0 cm³/mol. The van der Waals surface area contributed by atoms with E-state index in [2.05, 4.69) is 6.58 Å². The molecule has 1 fully saturated rings. The molecule has 0 spiro atoms. The first-order valence-corrected chi connectivity index (χ1v) is 6.23. The van der Waals surface area contributed by atoms with E-state index >= 15 is 0 Å². The third-order valence-electron chi connectivity index (χ3n) is 3.50. The molecule has 1 unspecified atom stereocenters. The fourth-order valence-corrected chi connectivity index (χ4v) is 2.46. The molecule has 1 aliphatic rings. The SMILES string of the molecule is C=C(COC(C)=O)CC1(C(C)=O)CCCCC1=O. The Kier molecular flexibility index (Phi) is 4.82. The second-order valence-electron chi connectivity index (χ2n) is 4.98. The van der Waals surface area contributed by atoms with Gasteiger partial charge in [-0.1, -0.05) is 13.0 Å². The molecule has 0 aliphatic heterocycles. The molecule has 1 rings (SSSR count). The van der Waals surface area contributed by atoms with Gasteiger partial charge in [0.1, 0.15) is 18.2 Å². The van der Waals surface area contributed by atoms with Crippen molar-refractivity contribution in [1.29, 1.82) is 0 Å². The highest BCUT2D eigenvalue weighted by molar-refractivity contribution is 6.06. The van der Waals surface area contributed by atoms with Gasteiger partial charge in [0.15, 0.2) is 0 Å². The highest BCUT2D eigenvalue weighted by Crippen LogP contribution is 2.39. The van der Waals surface area contributed by atoms with Crippen LogP contribution in [0.25, 0.3) is 0 Å². The lowest BCUT2D eigenvalue weighted by Crippen LogP contribution is -2.41. The monoisotopic (exact) mass is 252 g/mol. The molecular formula is C14H20O4. The topological polar surface area (TPSA) is 60.4 Å². The highest BCUT2D eigenvalue weighted by atomic mass is 16.5. The number of rotatable bonds is 5. The van der Waals surface area contributed by atoms with Gasteiger partial charge in [-0.3, -0.25) is 14.4 Å². The fourth-order valence-electron chi connectivity index (χ4n) is 2.46. The minimum Gasteiger partial charge on any atom is -0.461 e. The molecular weight excluding hydrogens is 232 g/mol. The normalized spacial score (nSPS) is 23.6. The van der Waals surface area contributed by atoms with Crippen molar-refractivity contribution in [2.45, 2.75) is 46.0 Å². The van der Waals surface area contributed by atoms with E-state index in [4.69, 9.17) is 4.74 Å². The number of carbonyl (C=O) groups excluding carboxylic acids is 3. The van der Waals surface area contributed by atoms with E-state index in [0.717, 1.165) is 12.8 Å². The van der Waals surface area contributed by atoms with Crippen LogP contribution in [0.5, 0.6) is 0 Å². The van der Waals surface area contributed by atoms with Crippen molar-refractivity contribution < 1.29 is 19.1 Å². The molecule has 1 saturated carbocycles. The van der Waals surface area contributed by atoms with Crippen molar-refractivity contribution >= 4 is 17.5 Å². The van der Waals surface area contributed by atoms with Crippen LogP contribution in [0.1, 0.15) is 46.0 Å². The molecule has 18 heavy (non-hydrogen) atoms. The van der Waals surface area contributed by atoms with Gasteiger partial charge in [0, 0.05) is 13.3 Å². The molecule has 0 aromatic carbocycles. The first-order chi connectivity index (χ1) is 8.38. The second kappa shape index (κ2) is 5.94. The van der Waals surface area contributed by atoms with Crippen molar-refractivity contribution in [1.82, 2.24) is 0 Å². The summed E-state index contributed by atoms with van der Waals surface area (Å²) < 4.78 is 4.84. The summed E-state index contributed by atoms with van der Waals surface area (Å²) in [5.74, 6) is -0.482. The second-order valence-corrected chi connectivity index (χ2v) is 4.98. The quantitative estimate of drug-likeness (QED) is 0.427. The van der Waals surface area contributed by atoms with Crippen molar-refractivity contribution in [3.63, 3.8) is 0 Å². The Bertz CT molecular complexity index is 383. The van der Waals surface area contributed by atoms with Gasteiger partial charge in [-0.25, -0.2) is 0 Å². The van der Waals surface area contributed by atoms with Gasteiger partial charge in [0.05, 0.1) is 5.41 Å². The standard InChI is InChI=1S/C14H20O4/c1-10(9-18-12(3)16)8-14(11(2)15)7-5-4-6-13(14)17/h1,4-9H2,2-3H3. The van der Waals surface area contributed by atoms with Crippen LogP contribution in [0, 0.1) is 5.41 Å². The van der Waals surface area contributed by atoms with E-state index < -0.39 is 5.41 Å². The summed E-state index contributed by atoms with van der Waals surface area (Å²) in [6.45, 7) is 6.66. The minimum absolute atomic E-state index is 0.00484. The number of Topliss-reactive ketones (excluding diaryl/α,β-unsaturated/α-hetero) is 2. The van der Waals surface area contributed by atoms with Crippen molar-refractivity contribution in [2.24, 2.45) is 5.41 Å². The van der Waals surface area contributed by atoms with Gasteiger partial charge < -0.3 is 4.74 Å². The minimum atomic E-state index is -0.921. The van der Waals surface area contributed by atoms with Crippen LogP contribution in [0.15, 0.2) is 12.2 Å². The highest BCUT2D eigenvalue weighted by Gasteiger charge is 2.44. The molecule has 0 aromatic rings. The van der Waals surface area contributed by atoms with Crippen LogP contribution >= 0.6 is 0 Å². The van der Waals surface area contributed by atoms with Gasteiger partial charge in [-0.05, 0) is 31.8 Å². The Morgan fingerprint density at radius 1 is 1.33 bits per heavy atom. The van der Waals surface area contributed by atoms with Gasteiger partial charge in [0.2, 0.25) is 0 Å². The first kappa shape index (κ1) is 14.6. The van der Waals surface area contributed by atoms with Gasteiger partial charge in [-0.15, -0.1) is 0 Å². The maximum atomic E-state index is 12.1. The summed E-state index contributed by atoms with van der Waals surface area (Å²) in [4.78, 5) is 34.6. The largest absolute Gasteiger partial charge is 0.461 e. The van der Waals surface area contributed by atoms with Crippen LogP contribution in [-0.2, 0) is 19.1 Å². The van der Waals surface area contributed by atoms with Gasteiger partial charge in [-0.2, -0.15) is 0 Å². The molecule has 0 bridgehead atoms. The molecule has 1 atom stereocenters. The lowest BCUT2D eigenvalue weighted by atomic mass is 9.67. The summed E-state index contributed by atoms with van der Waals surface area (Å²) in [5, 5.41) is 0. The molecule has 4 heteroatoms. The Labute approximate surface area is 107 Å². The number of carbonyl (C=O) groups is 3. The molecule has 0 heterocycles. The molecule has 0 N–H and O–H groups in total. The zero-order chi connectivity index (χ0) is 13.8. The zero-order valence-electron chi connectivity index (χ0n) is 11.1. The number of esters is 1. The average Bonchev–Trinajstić information content (AvgIpc) is 2.29. The number of hydrogen-bond acceptors (Lipinski definition) is 4. The number of ether oxygens (including phenoxy) is 1. The average molecular weight is 252 g/mol. The molecule has 0 radical (unpaired) electrons. The van der Waals surface area contributed by atoms with Gasteiger partial charge >= 0.3 is 5.97 Å². The van der Waals surface area contributed by atoms with E-state index in [-0.39, 0.29) is 24.1 Å². The van der Waals surface area contributed by atoms with E-state index in [9.17, 15) is 14.4 Å². The summed E-state index contributed by atoms with van der Waals surface area (Å²) in [7, 11) is 0. The van der Waals surface area contributed by atoms with Crippen LogP contribution < -0.4 is 0 Å². The number of ketones is 2. The third kappa shape index (κ3) is 3.28. The summed E-state index contributed by atoms with van der Waals surface area (Å²) in [6.07, 6.45) is 3.07. The Hall–Kier alpha value is -1.45. The van der Waals surface area contributed by atoms with Crippen LogP contribution in [0.3, 0.4) is 0 Å². The summed E-state index contributed by atoms with van der Waals surface area (Å²) >= 11 is 0. The maximum Gasteiger partial charge on any atom is 0.302 e. The van der Waals surface area contributed by atoms with Crippen molar-refractivity contribution in [3.05, 3.63) is 12.2 Å². The van der Waals surface area contributed by atoms with E-state index in [1.165, 1.54) is 13.8 Å². The third-order valence-corrected chi connectivity index (χ3v) is 3.50. The predicted octanol–water partition coefficient (Wildman–Crippen LogP) is 2.21. The van der Waals surface area contributed by atoms with Crippen LogP contribution in [-0.4, -0.2) is 24.1 Å². The Morgan fingerprint density at radius 2 is 2.00 bits per heavy atom. The zero-order valence-corrected chi connectivity index (χ0v) is 11.1. The first-order valence-electron chi connectivity index (χ1n) is 6.23. The van der Waals surface area contributed by atoms with E-state index in [0.29, 0.717) is 24.8 Å². The molecule has 4 nitrogen and oxygen atoms in total. The maximum absolute atomic E-state index is 12.1. The summed E-state index contributed by atoms with van der Waals surface area (Å²) in [6, 6.07) is 0. The lowest BCUT2D eigenvalue weighted by molar-refractivity contribution is -0.142. The summed E-state index contributed by atoms with van der Waals surface area (Å²) in [5.41, 5.74) is -0.300. The van der Waals surface area contributed by atoms with Crippen LogP contribution in [0.2, 0.25) is 0 Å². The molecule has 1 aliphatic carbocycles. The molecule has 100 valence electrons. The smallest absolute Gasteiger partial charge is 0.302 e. The fraction of sp³-hybridized carbons (Fsp3) is 0.643. The Balaban J connectivity index is 2.74. The Morgan fingerprint density at radius 3 is 2.50 bits per heavy atom. The lowest BCUT2D eigenvalue weighted by Gasteiger charge is -2.33. The molecule has 0 amide bonds. The van der Waals surface area contributed by atoms with Crippen molar-refractivity contribution in [2.75, 3.05) is 6.61 Å². The van der Waals surface area contributed by atoms with E-state index in [1.807, 2.05) is 0 Å². The van der Waals surface area contributed by atoms with Crippen molar-refractivity contribution in [3.8, 4) is 0 Å².